The highest BCUT2D eigenvalue weighted by Crippen LogP contribution is 2.27. The second-order valence-corrected chi connectivity index (χ2v) is 8.13. The standard InChI is InChI=1S/C22H25BrN2O.C2HF3O2/c1-3-4-11-20-22(18-9-7-10-19(23)15-18)24-16-25(20)14-13-17-8-5-6-12-21(17)26-2;3-2(4,5)1(6)7/h5-10,12,15-16H,3-4,11,13-14H2,1-2H3;(H,6,7). The summed E-state index contributed by atoms with van der Waals surface area (Å²) in [5.74, 6) is -1.80. The molecule has 9 heteroatoms. The smallest absolute Gasteiger partial charge is 0.490 e. The molecule has 5 nitrogen and oxygen atoms in total. The number of hydrogen-bond acceptors (Lipinski definition) is 3. The fourth-order valence-electron chi connectivity index (χ4n) is 3.23. The van der Waals surface area contributed by atoms with E-state index in [1.165, 1.54) is 29.7 Å². The number of carbonyl (C=O) groups is 1. The molecule has 0 saturated carbocycles. The minimum absolute atomic E-state index is 0.903. The van der Waals surface area contributed by atoms with E-state index in [9.17, 15) is 13.2 Å². The average molecular weight is 527 g/mol. The van der Waals surface area contributed by atoms with Crippen molar-refractivity contribution in [3.63, 3.8) is 0 Å². The van der Waals surface area contributed by atoms with E-state index in [0.29, 0.717) is 0 Å². The summed E-state index contributed by atoms with van der Waals surface area (Å²) in [5.41, 5.74) is 4.82. The van der Waals surface area contributed by atoms with Gasteiger partial charge in [-0.05, 0) is 43.0 Å². The number of imidazole rings is 1. The zero-order valence-electron chi connectivity index (χ0n) is 18.4. The molecule has 1 aromatic heterocycles. The Morgan fingerprint density at radius 1 is 1.15 bits per heavy atom. The van der Waals surface area contributed by atoms with Crippen molar-refractivity contribution in [3.8, 4) is 17.0 Å². The molecule has 0 saturated heterocycles. The highest BCUT2D eigenvalue weighted by atomic mass is 79.9. The van der Waals surface area contributed by atoms with Gasteiger partial charge in [-0.1, -0.05) is 59.6 Å². The first-order chi connectivity index (χ1) is 15.7. The third kappa shape index (κ3) is 7.92. The first-order valence-electron chi connectivity index (χ1n) is 10.4. The van der Waals surface area contributed by atoms with Crippen LogP contribution in [0.1, 0.15) is 31.0 Å². The molecule has 1 heterocycles. The molecule has 2 aromatic carbocycles. The van der Waals surface area contributed by atoms with Crippen LogP contribution < -0.4 is 4.74 Å². The third-order valence-corrected chi connectivity index (χ3v) is 5.36. The Bertz CT molecular complexity index is 1050. The molecule has 0 atom stereocenters. The van der Waals surface area contributed by atoms with Crippen LogP contribution in [0.15, 0.2) is 59.3 Å². The van der Waals surface area contributed by atoms with Gasteiger partial charge in [0.1, 0.15) is 5.75 Å². The Labute approximate surface area is 199 Å². The number of nitrogens with zero attached hydrogens (tertiary/aromatic N) is 2. The number of carboxylic acid groups (broad SMARTS) is 1. The number of carboxylic acids is 1. The second kappa shape index (κ2) is 12.4. The molecule has 0 aliphatic rings. The van der Waals surface area contributed by atoms with E-state index in [1.54, 1.807) is 7.11 Å². The van der Waals surface area contributed by atoms with Gasteiger partial charge in [-0.15, -0.1) is 0 Å². The number of methoxy groups -OCH3 is 1. The summed E-state index contributed by atoms with van der Waals surface area (Å²) >= 11 is 3.57. The molecule has 0 radical (unpaired) electrons. The van der Waals surface area contributed by atoms with Crippen LogP contribution in [0.2, 0.25) is 0 Å². The van der Waals surface area contributed by atoms with Crippen LogP contribution in [0.3, 0.4) is 0 Å². The van der Waals surface area contributed by atoms with Crippen molar-refractivity contribution in [2.75, 3.05) is 7.11 Å². The van der Waals surface area contributed by atoms with E-state index in [4.69, 9.17) is 19.6 Å². The van der Waals surface area contributed by atoms with Gasteiger partial charge < -0.3 is 14.4 Å². The molecule has 0 amide bonds. The summed E-state index contributed by atoms with van der Waals surface area (Å²) in [6.45, 7) is 3.13. The van der Waals surface area contributed by atoms with E-state index < -0.39 is 12.1 Å². The molecule has 3 rings (SSSR count). The van der Waals surface area contributed by atoms with E-state index in [-0.39, 0.29) is 0 Å². The maximum atomic E-state index is 10.6. The largest absolute Gasteiger partial charge is 0.496 e. The van der Waals surface area contributed by atoms with Gasteiger partial charge in [0, 0.05) is 22.3 Å². The maximum absolute atomic E-state index is 10.6. The summed E-state index contributed by atoms with van der Waals surface area (Å²) in [6.07, 6.45) is 1.22. The van der Waals surface area contributed by atoms with Gasteiger partial charge in [0.25, 0.3) is 0 Å². The summed E-state index contributed by atoms with van der Waals surface area (Å²) in [7, 11) is 1.73. The summed E-state index contributed by atoms with van der Waals surface area (Å²) in [4.78, 5) is 13.6. The van der Waals surface area contributed by atoms with E-state index in [0.717, 1.165) is 35.3 Å². The number of ether oxygens (including phenoxy) is 1. The van der Waals surface area contributed by atoms with E-state index in [1.807, 2.05) is 24.5 Å². The number of halogens is 4. The van der Waals surface area contributed by atoms with Crippen LogP contribution in [-0.2, 0) is 24.2 Å². The summed E-state index contributed by atoms with van der Waals surface area (Å²) in [6, 6.07) is 16.6. The molecule has 0 bridgehead atoms. The Hall–Kier alpha value is -2.81. The van der Waals surface area contributed by atoms with Gasteiger partial charge in [0.2, 0.25) is 0 Å². The van der Waals surface area contributed by atoms with Crippen molar-refractivity contribution in [2.24, 2.45) is 0 Å². The Kier molecular flexibility index (Phi) is 9.96. The lowest BCUT2D eigenvalue weighted by molar-refractivity contribution is -0.192. The Morgan fingerprint density at radius 2 is 1.85 bits per heavy atom. The first-order valence-corrected chi connectivity index (χ1v) is 11.2. The maximum Gasteiger partial charge on any atom is 0.490 e. The lowest BCUT2D eigenvalue weighted by Crippen LogP contribution is -2.21. The number of rotatable bonds is 8. The number of benzene rings is 2. The average Bonchev–Trinajstić information content (AvgIpc) is 3.18. The number of hydrogen-bond donors (Lipinski definition) is 1. The van der Waals surface area contributed by atoms with Crippen molar-refractivity contribution in [1.82, 2.24) is 9.55 Å². The zero-order valence-corrected chi connectivity index (χ0v) is 20.0. The molecule has 0 aliphatic heterocycles. The monoisotopic (exact) mass is 526 g/mol. The van der Waals surface area contributed by atoms with Gasteiger partial charge in [-0.25, -0.2) is 9.78 Å². The van der Waals surface area contributed by atoms with Gasteiger partial charge >= 0.3 is 12.1 Å². The number of aliphatic carboxylic acids is 1. The molecule has 33 heavy (non-hydrogen) atoms. The van der Waals surface area contributed by atoms with Crippen LogP contribution in [0.4, 0.5) is 13.2 Å². The Balaban J connectivity index is 0.000000479. The van der Waals surface area contributed by atoms with Crippen molar-refractivity contribution in [2.45, 2.75) is 45.3 Å². The fourth-order valence-corrected chi connectivity index (χ4v) is 3.63. The molecule has 0 unspecified atom stereocenters. The first kappa shape index (κ1) is 26.4. The van der Waals surface area contributed by atoms with Gasteiger partial charge in [-0.2, -0.15) is 13.2 Å². The van der Waals surface area contributed by atoms with Crippen molar-refractivity contribution in [1.29, 1.82) is 0 Å². The van der Waals surface area contributed by atoms with Crippen molar-refractivity contribution >= 4 is 21.9 Å². The number of aryl methyl sites for hydroxylation is 2. The summed E-state index contributed by atoms with van der Waals surface area (Å²) < 4.78 is 40.6. The zero-order chi connectivity index (χ0) is 24.4. The second-order valence-electron chi connectivity index (χ2n) is 7.21. The molecule has 3 aromatic rings. The van der Waals surface area contributed by atoms with Gasteiger partial charge in [0.05, 0.1) is 19.1 Å². The van der Waals surface area contributed by atoms with Gasteiger partial charge in [-0.3, -0.25) is 0 Å². The predicted octanol–water partition coefficient (Wildman–Crippen LogP) is 6.54. The summed E-state index contributed by atoms with van der Waals surface area (Å²) in [5, 5.41) is 7.12. The van der Waals surface area contributed by atoms with Crippen LogP contribution in [0.5, 0.6) is 5.75 Å². The van der Waals surface area contributed by atoms with Crippen LogP contribution in [-0.4, -0.2) is 33.9 Å². The molecular weight excluding hydrogens is 501 g/mol. The molecule has 0 fully saturated rings. The third-order valence-electron chi connectivity index (χ3n) is 4.87. The number of alkyl halides is 3. The normalized spacial score (nSPS) is 11.0. The Morgan fingerprint density at radius 3 is 2.45 bits per heavy atom. The van der Waals surface area contributed by atoms with Gasteiger partial charge in [0.15, 0.2) is 0 Å². The number of unbranched alkanes of at least 4 members (excludes halogenated alkanes) is 1. The minimum atomic E-state index is -5.08. The molecule has 178 valence electrons. The predicted molar refractivity (Wildman–Crippen MR) is 124 cm³/mol. The molecule has 0 aliphatic carbocycles. The molecular formula is C24H26BrF3N2O3. The SMILES string of the molecule is CCCCc1c(-c2cccc(Br)c2)ncn1CCc1ccccc1OC.O=C(O)C(F)(F)F. The van der Waals surface area contributed by atoms with E-state index in [2.05, 4.69) is 57.8 Å². The lowest BCUT2D eigenvalue weighted by Gasteiger charge is -2.12. The topological polar surface area (TPSA) is 64.4 Å². The number of para-hydroxylation sites is 1. The van der Waals surface area contributed by atoms with E-state index >= 15 is 0 Å². The number of aromatic nitrogens is 2. The quantitative estimate of drug-likeness (QED) is 0.362. The lowest BCUT2D eigenvalue weighted by atomic mass is 10.1. The van der Waals surface area contributed by atoms with Crippen molar-refractivity contribution < 1.29 is 27.8 Å². The minimum Gasteiger partial charge on any atom is -0.496 e. The fraction of sp³-hybridized carbons (Fsp3) is 0.333. The highest BCUT2D eigenvalue weighted by molar-refractivity contribution is 9.10. The van der Waals surface area contributed by atoms with Crippen molar-refractivity contribution in [3.05, 3.63) is 70.6 Å². The van der Waals surface area contributed by atoms with Crippen LogP contribution in [0.25, 0.3) is 11.3 Å². The molecule has 0 spiro atoms. The highest BCUT2D eigenvalue weighted by Gasteiger charge is 2.38. The molecule has 1 N–H and O–H groups in total. The van der Waals surface area contributed by atoms with Crippen LogP contribution in [0, 0.1) is 0 Å². The van der Waals surface area contributed by atoms with Crippen LogP contribution >= 0.6 is 15.9 Å².